The number of ether oxygens (including phenoxy) is 1. The fraction of sp³-hybridized carbons (Fsp3) is 0.700. The van der Waals surface area contributed by atoms with E-state index in [1.54, 1.807) is 11.3 Å². The second kappa shape index (κ2) is 4.32. The molecule has 1 saturated heterocycles. The fourth-order valence-electron chi connectivity index (χ4n) is 2.08. The van der Waals surface area contributed by atoms with E-state index in [1.807, 2.05) is 11.4 Å². The van der Waals surface area contributed by atoms with Gasteiger partial charge in [0.25, 0.3) is 0 Å². The second-order valence-corrected chi connectivity index (χ2v) is 5.15. The molecule has 3 rings (SSSR count). The first-order valence-corrected chi connectivity index (χ1v) is 6.70. The van der Waals surface area contributed by atoms with E-state index in [2.05, 4.69) is 15.3 Å². The van der Waals surface area contributed by atoms with Crippen LogP contribution in [0, 0.1) is 0 Å². The summed E-state index contributed by atoms with van der Waals surface area (Å²) in [6.45, 7) is 2.63. The Morgan fingerprint density at radius 2 is 2.35 bits per heavy atom. The Labute approximate surface area is 103 Å². The number of hydrogen-bond acceptors (Lipinski definition) is 6. The van der Waals surface area contributed by atoms with Crippen molar-refractivity contribution >= 4 is 16.3 Å². The largest absolute Gasteiger partial charge is 0.366 e. The highest BCUT2D eigenvalue weighted by Gasteiger charge is 2.28. The Hall–Kier alpha value is -1.05. The SMILES string of the molecule is CCc1nnc2sc(C3CCC(CN)O3)nn12. The van der Waals surface area contributed by atoms with Crippen LogP contribution in [0.4, 0.5) is 0 Å². The summed E-state index contributed by atoms with van der Waals surface area (Å²) in [6.07, 6.45) is 3.11. The van der Waals surface area contributed by atoms with Crippen molar-refractivity contribution in [1.82, 2.24) is 19.8 Å². The molecule has 0 amide bonds. The first kappa shape index (κ1) is 11.1. The summed E-state index contributed by atoms with van der Waals surface area (Å²) in [5, 5.41) is 13.7. The molecule has 2 atom stereocenters. The predicted octanol–water partition coefficient (Wildman–Crippen LogP) is 0.927. The molecular formula is C10H15N5OS. The fourth-order valence-corrected chi connectivity index (χ4v) is 3.01. The summed E-state index contributed by atoms with van der Waals surface area (Å²) in [5.41, 5.74) is 5.61. The maximum absolute atomic E-state index is 5.83. The van der Waals surface area contributed by atoms with Crippen molar-refractivity contribution in [2.24, 2.45) is 5.73 Å². The zero-order chi connectivity index (χ0) is 11.8. The predicted molar refractivity (Wildman–Crippen MR) is 63.9 cm³/mol. The Morgan fingerprint density at radius 1 is 1.47 bits per heavy atom. The normalized spacial score (nSPS) is 24.8. The molecule has 2 aromatic heterocycles. The first-order valence-electron chi connectivity index (χ1n) is 5.88. The maximum Gasteiger partial charge on any atom is 0.234 e. The minimum atomic E-state index is 0.0833. The molecule has 0 aromatic carbocycles. The van der Waals surface area contributed by atoms with Gasteiger partial charge in [-0.3, -0.25) is 0 Å². The van der Waals surface area contributed by atoms with Crippen LogP contribution in [0.25, 0.3) is 4.96 Å². The zero-order valence-electron chi connectivity index (χ0n) is 9.67. The highest BCUT2D eigenvalue weighted by Crippen LogP contribution is 2.34. The van der Waals surface area contributed by atoms with Gasteiger partial charge in [-0.2, -0.15) is 9.61 Å². The van der Waals surface area contributed by atoms with E-state index >= 15 is 0 Å². The number of aryl methyl sites for hydroxylation is 1. The lowest BCUT2D eigenvalue weighted by Crippen LogP contribution is -2.18. The van der Waals surface area contributed by atoms with Gasteiger partial charge in [0.05, 0.1) is 6.10 Å². The van der Waals surface area contributed by atoms with Crippen LogP contribution < -0.4 is 5.73 Å². The molecule has 1 fully saturated rings. The van der Waals surface area contributed by atoms with Crippen LogP contribution in [0.2, 0.25) is 0 Å². The van der Waals surface area contributed by atoms with E-state index in [0.717, 1.165) is 35.1 Å². The molecule has 3 heterocycles. The van der Waals surface area contributed by atoms with Crippen LogP contribution in [0.15, 0.2) is 0 Å². The quantitative estimate of drug-likeness (QED) is 0.880. The lowest BCUT2D eigenvalue weighted by atomic mass is 10.2. The van der Waals surface area contributed by atoms with Crippen molar-refractivity contribution in [1.29, 1.82) is 0 Å². The summed E-state index contributed by atoms with van der Waals surface area (Å²) in [6, 6.07) is 0. The molecule has 0 aliphatic carbocycles. The highest BCUT2D eigenvalue weighted by atomic mass is 32.1. The van der Waals surface area contributed by atoms with E-state index in [1.165, 1.54) is 0 Å². The van der Waals surface area contributed by atoms with Gasteiger partial charge in [-0.25, -0.2) is 0 Å². The Morgan fingerprint density at radius 3 is 3.06 bits per heavy atom. The molecule has 1 aliphatic rings. The third-order valence-corrected chi connectivity index (χ3v) is 4.02. The number of nitrogens with zero attached hydrogens (tertiary/aromatic N) is 4. The Bertz CT molecular complexity index is 522. The lowest BCUT2D eigenvalue weighted by molar-refractivity contribution is 0.0492. The average Bonchev–Trinajstić information content (AvgIpc) is 3.02. The van der Waals surface area contributed by atoms with E-state index in [4.69, 9.17) is 10.5 Å². The summed E-state index contributed by atoms with van der Waals surface area (Å²) in [4.78, 5) is 0.844. The van der Waals surface area contributed by atoms with Crippen LogP contribution >= 0.6 is 11.3 Å². The van der Waals surface area contributed by atoms with E-state index in [-0.39, 0.29) is 12.2 Å². The smallest absolute Gasteiger partial charge is 0.234 e. The standard InChI is InChI=1S/C10H15N5OS/c1-2-8-12-13-10-15(8)14-9(17-10)7-4-3-6(5-11)16-7/h6-7H,2-5,11H2,1H3. The molecule has 7 heteroatoms. The van der Waals surface area contributed by atoms with E-state index in [9.17, 15) is 0 Å². The summed E-state index contributed by atoms with van der Waals surface area (Å²) in [7, 11) is 0. The molecule has 1 aliphatic heterocycles. The Kier molecular flexibility index (Phi) is 2.81. The molecule has 2 unspecified atom stereocenters. The first-order chi connectivity index (χ1) is 8.31. The van der Waals surface area contributed by atoms with E-state index in [0.29, 0.717) is 6.54 Å². The highest BCUT2D eigenvalue weighted by molar-refractivity contribution is 7.16. The molecule has 2 N–H and O–H groups in total. The van der Waals surface area contributed by atoms with Gasteiger partial charge in [0.15, 0.2) is 5.82 Å². The van der Waals surface area contributed by atoms with Crippen molar-refractivity contribution in [3.63, 3.8) is 0 Å². The summed E-state index contributed by atoms with van der Waals surface area (Å²) in [5.74, 6) is 0.899. The number of aromatic nitrogens is 4. The third-order valence-electron chi connectivity index (χ3n) is 3.03. The molecule has 2 aromatic rings. The van der Waals surface area contributed by atoms with Gasteiger partial charge in [0.2, 0.25) is 4.96 Å². The number of nitrogens with two attached hydrogens (primary N) is 1. The molecule has 17 heavy (non-hydrogen) atoms. The topological polar surface area (TPSA) is 78.3 Å². The van der Waals surface area contributed by atoms with Crippen LogP contribution in [0.3, 0.4) is 0 Å². The zero-order valence-corrected chi connectivity index (χ0v) is 10.5. The average molecular weight is 253 g/mol. The van der Waals surface area contributed by atoms with Gasteiger partial charge in [-0.05, 0) is 12.8 Å². The van der Waals surface area contributed by atoms with Crippen molar-refractivity contribution in [2.45, 2.75) is 38.4 Å². The van der Waals surface area contributed by atoms with Gasteiger partial charge in [-0.1, -0.05) is 18.3 Å². The van der Waals surface area contributed by atoms with Gasteiger partial charge >= 0.3 is 0 Å². The number of fused-ring (bicyclic) bond motifs is 1. The van der Waals surface area contributed by atoms with Crippen LogP contribution in [0.1, 0.15) is 36.7 Å². The summed E-state index contributed by atoms with van der Waals surface area (Å²) < 4.78 is 7.65. The molecule has 0 bridgehead atoms. The van der Waals surface area contributed by atoms with E-state index < -0.39 is 0 Å². The molecule has 0 radical (unpaired) electrons. The molecule has 92 valence electrons. The molecular weight excluding hydrogens is 238 g/mol. The summed E-state index contributed by atoms with van der Waals surface area (Å²) >= 11 is 1.56. The molecule has 0 spiro atoms. The minimum Gasteiger partial charge on any atom is -0.366 e. The van der Waals surface area contributed by atoms with Crippen molar-refractivity contribution in [3.8, 4) is 0 Å². The number of hydrogen-bond donors (Lipinski definition) is 1. The second-order valence-electron chi connectivity index (χ2n) is 4.16. The minimum absolute atomic E-state index is 0.0833. The molecule has 6 nitrogen and oxygen atoms in total. The van der Waals surface area contributed by atoms with Crippen LogP contribution in [-0.2, 0) is 11.2 Å². The third kappa shape index (κ3) is 1.84. The van der Waals surface area contributed by atoms with Crippen molar-refractivity contribution in [2.75, 3.05) is 6.54 Å². The van der Waals surface area contributed by atoms with Gasteiger partial charge in [0.1, 0.15) is 11.1 Å². The van der Waals surface area contributed by atoms with Crippen molar-refractivity contribution < 1.29 is 4.74 Å². The monoisotopic (exact) mass is 253 g/mol. The van der Waals surface area contributed by atoms with Gasteiger partial charge < -0.3 is 10.5 Å². The maximum atomic E-state index is 5.83. The van der Waals surface area contributed by atoms with Gasteiger partial charge in [0, 0.05) is 13.0 Å². The van der Waals surface area contributed by atoms with Crippen molar-refractivity contribution in [3.05, 3.63) is 10.8 Å². The van der Waals surface area contributed by atoms with Gasteiger partial charge in [-0.15, -0.1) is 10.2 Å². The van der Waals surface area contributed by atoms with Crippen LogP contribution in [0.5, 0.6) is 0 Å². The molecule has 0 saturated carbocycles. The number of rotatable bonds is 3. The lowest BCUT2D eigenvalue weighted by Gasteiger charge is -2.08. The van der Waals surface area contributed by atoms with Crippen LogP contribution in [-0.4, -0.2) is 32.5 Å². The Balaban J connectivity index is 1.88.